The quantitative estimate of drug-likeness (QED) is 0.761. The molecule has 0 bridgehead atoms. The van der Waals surface area contributed by atoms with Gasteiger partial charge in [-0.25, -0.2) is 13.8 Å². The molecule has 24 heavy (non-hydrogen) atoms. The highest BCUT2D eigenvalue weighted by Crippen LogP contribution is 2.23. The van der Waals surface area contributed by atoms with Crippen LogP contribution in [0.4, 0.5) is 8.78 Å². The number of imidazole rings is 1. The molecule has 0 spiro atoms. The Morgan fingerprint density at radius 1 is 1.12 bits per heavy atom. The molecule has 4 nitrogen and oxygen atoms in total. The van der Waals surface area contributed by atoms with Crippen LogP contribution in [-0.4, -0.2) is 15.9 Å². The van der Waals surface area contributed by atoms with Crippen molar-refractivity contribution in [2.24, 2.45) is 5.92 Å². The van der Waals surface area contributed by atoms with Crippen LogP contribution < -0.4 is 5.32 Å². The first-order chi connectivity index (χ1) is 11.5. The van der Waals surface area contributed by atoms with E-state index in [1.54, 1.807) is 0 Å². The van der Waals surface area contributed by atoms with Crippen molar-refractivity contribution in [3.63, 3.8) is 0 Å². The van der Waals surface area contributed by atoms with Gasteiger partial charge in [0.15, 0.2) is 11.6 Å². The van der Waals surface area contributed by atoms with Crippen LogP contribution in [0.15, 0.2) is 42.5 Å². The van der Waals surface area contributed by atoms with Gasteiger partial charge in [-0.2, -0.15) is 0 Å². The first-order valence-electron chi connectivity index (χ1n) is 7.66. The third-order valence-corrected chi connectivity index (χ3v) is 3.84. The minimum absolute atomic E-state index is 0.0554. The third-order valence-electron chi connectivity index (χ3n) is 3.84. The summed E-state index contributed by atoms with van der Waals surface area (Å²) >= 11 is 0. The maximum absolute atomic E-state index is 13.3. The number of para-hydroxylation sites is 2. The third kappa shape index (κ3) is 3.13. The zero-order valence-electron chi connectivity index (χ0n) is 13.3. The maximum Gasteiger partial charge on any atom is 0.251 e. The van der Waals surface area contributed by atoms with Gasteiger partial charge in [-0.3, -0.25) is 4.79 Å². The van der Waals surface area contributed by atoms with Crippen molar-refractivity contribution in [3.8, 4) is 0 Å². The molecule has 1 atom stereocenters. The summed E-state index contributed by atoms with van der Waals surface area (Å²) in [6, 6.07) is 10.3. The molecule has 0 aliphatic heterocycles. The Balaban J connectivity index is 1.88. The minimum atomic E-state index is -1.05. The molecule has 0 saturated heterocycles. The molecule has 2 N–H and O–H groups in total. The summed E-state index contributed by atoms with van der Waals surface area (Å²) in [5, 5.41) is 2.83. The Bertz CT molecular complexity index is 856. The van der Waals surface area contributed by atoms with Crippen LogP contribution >= 0.6 is 0 Å². The van der Waals surface area contributed by atoms with Crippen molar-refractivity contribution in [3.05, 3.63) is 65.5 Å². The Morgan fingerprint density at radius 2 is 1.88 bits per heavy atom. The summed E-state index contributed by atoms with van der Waals surface area (Å²) in [6.45, 7) is 3.90. The second-order valence-electron chi connectivity index (χ2n) is 5.96. The van der Waals surface area contributed by atoms with Crippen LogP contribution in [-0.2, 0) is 0 Å². The fraction of sp³-hybridized carbons (Fsp3) is 0.222. The molecule has 0 radical (unpaired) electrons. The van der Waals surface area contributed by atoms with E-state index >= 15 is 0 Å². The molecule has 3 aromatic rings. The number of hydrogen-bond donors (Lipinski definition) is 2. The number of aromatic amines is 1. The molecule has 0 fully saturated rings. The normalized spacial score (nSPS) is 12.5. The van der Waals surface area contributed by atoms with Gasteiger partial charge in [0.05, 0.1) is 17.1 Å². The molecule has 1 aromatic heterocycles. The number of carbonyl (C=O) groups excluding carboxylic acids is 1. The van der Waals surface area contributed by atoms with Crippen LogP contribution in [0.1, 0.15) is 36.1 Å². The maximum atomic E-state index is 13.3. The van der Waals surface area contributed by atoms with Gasteiger partial charge in [0, 0.05) is 5.56 Å². The molecule has 3 rings (SSSR count). The van der Waals surface area contributed by atoms with E-state index in [9.17, 15) is 13.6 Å². The molecule has 0 aliphatic rings. The molecule has 2 aromatic carbocycles. The van der Waals surface area contributed by atoms with E-state index in [2.05, 4.69) is 15.3 Å². The van der Waals surface area contributed by atoms with Crippen LogP contribution in [0, 0.1) is 17.6 Å². The van der Waals surface area contributed by atoms with E-state index in [1.807, 2.05) is 38.1 Å². The van der Waals surface area contributed by atoms with Crippen LogP contribution in [0.5, 0.6) is 0 Å². The van der Waals surface area contributed by atoms with Gasteiger partial charge in [0.25, 0.3) is 5.91 Å². The molecular formula is C18H17F2N3O. The zero-order chi connectivity index (χ0) is 17.3. The van der Waals surface area contributed by atoms with Crippen molar-refractivity contribution in [2.45, 2.75) is 19.9 Å². The molecule has 124 valence electrons. The number of halogens is 2. The van der Waals surface area contributed by atoms with Crippen molar-refractivity contribution in [2.75, 3.05) is 0 Å². The summed E-state index contributed by atoms with van der Waals surface area (Å²) in [4.78, 5) is 20.1. The van der Waals surface area contributed by atoms with Crippen molar-refractivity contribution in [1.29, 1.82) is 0 Å². The monoisotopic (exact) mass is 329 g/mol. The molecule has 6 heteroatoms. The lowest BCUT2D eigenvalue weighted by molar-refractivity contribution is 0.0923. The fourth-order valence-electron chi connectivity index (χ4n) is 2.53. The van der Waals surface area contributed by atoms with Gasteiger partial charge in [-0.15, -0.1) is 0 Å². The SMILES string of the molecule is CC(C)C(NC(=O)c1ccc(F)c(F)c1)c1nc2ccccc2[nH]1. The highest BCUT2D eigenvalue weighted by molar-refractivity contribution is 5.94. The van der Waals surface area contributed by atoms with Gasteiger partial charge in [-0.1, -0.05) is 26.0 Å². The van der Waals surface area contributed by atoms with Gasteiger partial charge < -0.3 is 10.3 Å². The van der Waals surface area contributed by atoms with Crippen LogP contribution in [0.25, 0.3) is 11.0 Å². The molecule has 0 aliphatic carbocycles. The summed E-state index contributed by atoms with van der Waals surface area (Å²) in [5.74, 6) is -1.83. The number of hydrogen-bond acceptors (Lipinski definition) is 2. The van der Waals surface area contributed by atoms with E-state index in [-0.39, 0.29) is 17.5 Å². The van der Waals surface area contributed by atoms with E-state index in [4.69, 9.17) is 0 Å². The van der Waals surface area contributed by atoms with Gasteiger partial charge in [0.2, 0.25) is 0 Å². The van der Waals surface area contributed by atoms with E-state index in [0.717, 1.165) is 23.2 Å². The smallest absolute Gasteiger partial charge is 0.251 e. The lowest BCUT2D eigenvalue weighted by Gasteiger charge is -2.20. The second kappa shape index (κ2) is 6.39. The number of aromatic nitrogens is 2. The Hall–Kier alpha value is -2.76. The first-order valence-corrected chi connectivity index (χ1v) is 7.66. The topological polar surface area (TPSA) is 57.8 Å². The number of nitrogens with one attached hydrogen (secondary N) is 2. The van der Waals surface area contributed by atoms with Crippen LogP contribution in [0.3, 0.4) is 0 Å². The highest BCUT2D eigenvalue weighted by atomic mass is 19.2. The van der Waals surface area contributed by atoms with E-state index < -0.39 is 17.5 Å². The first kappa shape index (κ1) is 16.1. The van der Waals surface area contributed by atoms with Gasteiger partial charge in [-0.05, 0) is 36.2 Å². The number of rotatable bonds is 4. The summed E-state index contributed by atoms with van der Waals surface area (Å²) in [5.41, 5.74) is 1.75. The van der Waals surface area contributed by atoms with Crippen molar-refractivity contribution in [1.82, 2.24) is 15.3 Å². The summed E-state index contributed by atoms with van der Waals surface area (Å²) < 4.78 is 26.3. The Morgan fingerprint density at radius 3 is 2.54 bits per heavy atom. The predicted molar refractivity (Wildman–Crippen MR) is 87.5 cm³/mol. The van der Waals surface area contributed by atoms with E-state index in [1.165, 1.54) is 6.07 Å². The molecule has 0 saturated carbocycles. The lowest BCUT2D eigenvalue weighted by atomic mass is 10.0. The largest absolute Gasteiger partial charge is 0.342 e. The average molecular weight is 329 g/mol. The van der Waals surface area contributed by atoms with Crippen molar-refractivity contribution >= 4 is 16.9 Å². The fourth-order valence-corrected chi connectivity index (χ4v) is 2.53. The standard InChI is InChI=1S/C18H17F2N3O/c1-10(2)16(17-21-14-5-3-4-6-15(14)22-17)23-18(24)11-7-8-12(19)13(20)9-11/h3-10,16H,1-2H3,(H,21,22)(H,23,24). The number of carbonyl (C=O) groups is 1. The average Bonchev–Trinajstić information content (AvgIpc) is 2.98. The number of benzene rings is 2. The Labute approximate surface area is 137 Å². The zero-order valence-corrected chi connectivity index (χ0v) is 13.3. The molecule has 1 heterocycles. The number of H-pyrrole nitrogens is 1. The Kier molecular flexibility index (Phi) is 4.29. The highest BCUT2D eigenvalue weighted by Gasteiger charge is 2.23. The lowest BCUT2D eigenvalue weighted by Crippen LogP contribution is -2.32. The van der Waals surface area contributed by atoms with Crippen molar-refractivity contribution < 1.29 is 13.6 Å². The second-order valence-corrected chi connectivity index (χ2v) is 5.96. The summed E-state index contributed by atoms with van der Waals surface area (Å²) in [6.07, 6.45) is 0. The number of fused-ring (bicyclic) bond motifs is 1. The molecule has 1 unspecified atom stereocenters. The number of nitrogens with zero attached hydrogens (tertiary/aromatic N) is 1. The summed E-state index contributed by atoms with van der Waals surface area (Å²) in [7, 11) is 0. The predicted octanol–water partition coefficient (Wildman–Crippen LogP) is 3.97. The molecule has 1 amide bonds. The van der Waals surface area contributed by atoms with Gasteiger partial charge >= 0.3 is 0 Å². The minimum Gasteiger partial charge on any atom is -0.342 e. The van der Waals surface area contributed by atoms with E-state index in [0.29, 0.717) is 5.82 Å². The van der Waals surface area contributed by atoms with Gasteiger partial charge in [0.1, 0.15) is 5.82 Å². The van der Waals surface area contributed by atoms with Crippen LogP contribution in [0.2, 0.25) is 0 Å². The molecular weight excluding hydrogens is 312 g/mol. The number of amides is 1.